The number of aliphatic carboxylic acids is 1. The van der Waals surface area contributed by atoms with Crippen molar-refractivity contribution in [2.24, 2.45) is 11.8 Å². The number of carbonyl (C=O) groups is 2. The minimum atomic E-state index is -1.00. The van der Waals surface area contributed by atoms with Crippen molar-refractivity contribution < 1.29 is 28.9 Å². The van der Waals surface area contributed by atoms with E-state index in [1.807, 2.05) is 18.2 Å². The van der Waals surface area contributed by atoms with Gasteiger partial charge in [-0.05, 0) is 24.1 Å². The smallest absolute Gasteiger partial charge is 0.310 e. The Morgan fingerprint density at radius 1 is 1.12 bits per heavy atom. The molecule has 0 radical (unpaired) electrons. The van der Waals surface area contributed by atoms with Crippen molar-refractivity contribution in [1.82, 2.24) is 5.32 Å². The molecule has 0 aliphatic carbocycles. The summed E-state index contributed by atoms with van der Waals surface area (Å²) in [5.41, 5.74) is 0.983. The molecule has 3 rings (SSSR count). The Bertz CT molecular complexity index is 701. The van der Waals surface area contributed by atoms with Crippen LogP contribution in [0.4, 0.5) is 0 Å². The first-order valence-corrected chi connectivity index (χ1v) is 8.10. The fourth-order valence-electron chi connectivity index (χ4n) is 3.40. The van der Waals surface area contributed by atoms with E-state index in [1.54, 1.807) is 26.4 Å². The summed E-state index contributed by atoms with van der Waals surface area (Å²) in [6, 6.07) is 5.57. The van der Waals surface area contributed by atoms with E-state index in [-0.39, 0.29) is 5.91 Å². The van der Waals surface area contributed by atoms with E-state index in [9.17, 15) is 14.7 Å². The Hall–Kier alpha value is -2.54. The molecule has 1 fully saturated rings. The number of methoxy groups -OCH3 is 2. The second-order valence-electron chi connectivity index (χ2n) is 6.07. The molecule has 2 aliphatic rings. The molecule has 0 saturated carbocycles. The molecule has 2 heterocycles. The van der Waals surface area contributed by atoms with Crippen molar-refractivity contribution in [3.63, 3.8) is 0 Å². The van der Waals surface area contributed by atoms with E-state index in [2.05, 4.69) is 5.32 Å². The first-order chi connectivity index (χ1) is 12.0. The maximum Gasteiger partial charge on any atom is 0.310 e. The second kappa shape index (κ2) is 7.14. The summed E-state index contributed by atoms with van der Waals surface area (Å²) >= 11 is 0. The van der Waals surface area contributed by atoms with Gasteiger partial charge in [0.25, 0.3) is 0 Å². The Labute approximate surface area is 145 Å². The van der Waals surface area contributed by atoms with Gasteiger partial charge in [-0.2, -0.15) is 0 Å². The number of carboxylic acid groups (broad SMARTS) is 1. The lowest BCUT2D eigenvalue weighted by Crippen LogP contribution is -2.43. The van der Waals surface area contributed by atoms with Crippen LogP contribution in [0.2, 0.25) is 0 Å². The number of hydrogen-bond acceptors (Lipinski definition) is 5. The summed E-state index contributed by atoms with van der Waals surface area (Å²) in [6.07, 6.45) is 3.12. The average Bonchev–Trinajstić information content (AvgIpc) is 3.22. The largest absolute Gasteiger partial charge is 0.493 e. The number of nitrogens with one attached hydrogen (secondary N) is 1. The first kappa shape index (κ1) is 17.3. The summed E-state index contributed by atoms with van der Waals surface area (Å²) in [4.78, 5) is 23.8. The fourth-order valence-corrected chi connectivity index (χ4v) is 3.40. The summed E-state index contributed by atoms with van der Waals surface area (Å²) < 4.78 is 16.0. The van der Waals surface area contributed by atoms with Crippen LogP contribution >= 0.6 is 0 Å². The van der Waals surface area contributed by atoms with Crippen LogP contribution in [-0.2, 0) is 20.7 Å². The van der Waals surface area contributed by atoms with Crippen LogP contribution in [0, 0.1) is 11.8 Å². The molecule has 7 heteroatoms. The molecule has 0 spiro atoms. The van der Waals surface area contributed by atoms with Crippen LogP contribution in [-0.4, -0.2) is 50.0 Å². The molecule has 2 N–H and O–H groups in total. The Morgan fingerprint density at radius 3 is 2.44 bits per heavy atom. The fraction of sp³-hybridized carbons (Fsp3) is 0.444. The van der Waals surface area contributed by atoms with E-state index >= 15 is 0 Å². The number of hydrogen-bond donors (Lipinski definition) is 2. The quantitative estimate of drug-likeness (QED) is 0.715. The normalized spacial score (nSPS) is 26.5. The highest BCUT2D eigenvalue weighted by Crippen LogP contribution is 2.39. The van der Waals surface area contributed by atoms with E-state index < -0.39 is 30.0 Å². The summed E-state index contributed by atoms with van der Waals surface area (Å²) in [5, 5.41) is 12.2. The van der Waals surface area contributed by atoms with Gasteiger partial charge in [-0.15, -0.1) is 0 Å². The number of amides is 1. The number of rotatable bonds is 7. The Balaban J connectivity index is 1.58. The van der Waals surface area contributed by atoms with Gasteiger partial charge < -0.3 is 24.6 Å². The predicted molar refractivity (Wildman–Crippen MR) is 88.7 cm³/mol. The Kier molecular flexibility index (Phi) is 4.94. The van der Waals surface area contributed by atoms with Crippen molar-refractivity contribution >= 4 is 11.9 Å². The van der Waals surface area contributed by atoms with Crippen molar-refractivity contribution in [3.8, 4) is 11.5 Å². The van der Waals surface area contributed by atoms with Gasteiger partial charge in [-0.1, -0.05) is 18.2 Å². The minimum Gasteiger partial charge on any atom is -0.493 e. The molecule has 134 valence electrons. The predicted octanol–water partition coefficient (Wildman–Crippen LogP) is 1.02. The van der Waals surface area contributed by atoms with E-state index in [1.165, 1.54) is 0 Å². The third-order valence-corrected chi connectivity index (χ3v) is 4.65. The highest BCUT2D eigenvalue weighted by molar-refractivity contribution is 5.87. The van der Waals surface area contributed by atoms with Crippen molar-refractivity contribution in [2.75, 3.05) is 20.8 Å². The second-order valence-corrected chi connectivity index (χ2v) is 6.07. The first-order valence-electron chi connectivity index (χ1n) is 8.10. The molecule has 25 heavy (non-hydrogen) atoms. The van der Waals surface area contributed by atoms with Gasteiger partial charge in [-0.3, -0.25) is 9.59 Å². The molecule has 0 aromatic heterocycles. The number of carboxylic acids is 1. The van der Waals surface area contributed by atoms with E-state index in [0.717, 1.165) is 5.56 Å². The zero-order valence-corrected chi connectivity index (χ0v) is 14.1. The standard InChI is InChI=1S/C18H21NO6/c1-23-11-4-3-10(9-14(11)24-2)7-8-19-17(20)15-12-5-6-13(25-12)16(15)18(21)22/h3-6,9,12-13,15-16H,7-8H2,1-2H3,(H,19,20)(H,21,22)/t12-,13+,15-,16-/m0/s1. The van der Waals surface area contributed by atoms with Crippen LogP contribution in [0.5, 0.6) is 11.5 Å². The molecular weight excluding hydrogens is 326 g/mol. The van der Waals surface area contributed by atoms with Crippen molar-refractivity contribution in [3.05, 3.63) is 35.9 Å². The zero-order valence-electron chi connectivity index (χ0n) is 14.1. The molecule has 4 atom stereocenters. The van der Waals surface area contributed by atoms with Crippen LogP contribution in [0.3, 0.4) is 0 Å². The third kappa shape index (κ3) is 3.32. The van der Waals surface area contributed by atoms with Gasteiger partial charge in [0, 0.05) is 6.54 Å². The molecule has 0 unspecified atom stereocenters. The molecule has 1 amide bonds. The number of fused-ring (bicyclic) bond motifs is 2. The van der Waals surface area contributed by atoms with Crippen LogP contribution in [0.1, 0.15) is 5.56 Å². The van der Waals surface area contributed by atoms with Gasteiger partial charge >= 0.3 is 5.97 Å². The molecular formula is C18H21NO6. The van der Waals surface area contributed by atoms with Gasteiger partial charge in [0.2, 0.25) is 5.91 Å². The van der Waals surface area contributed by atoms with E-state index in [4.69, 9.17) is 14.2 Å². The number of benzene rings is 1. The molecule has 1 saturated heterocycles. The third-order valence-electron chi connectivity index (χ3n) is 4.65. The lowest BCUT2D eigenvalue weighted by Gasteiger charge is -2.21. The maximum atomic E-state index is 12.4. The lowest BCUT2D eigenvalue weighted by atomic mass is 9.82. The average molecular weight is 347 g/mol. The van der Waals surface area contributed by atoms with Crippen molar-refractivity contribution in [2.45, 2.75) is 18.6 Å². The Morgan fingerprint density at radius 2 is 1.80 bits per heavy atom. The topological polar surface area (TPSA) is 94.1 Å². The van der Waals surface area contributed by atoms with Crippen LogP contribution < -0.4 is 14.8 Å². The van der Waals surface area contributed by atoms with Gasteiger partial charge in [-0.25, -0.2) is 0 Å². The van der Waals surface area contributed by atoms with Crippen LogP contribution in [0.25, 0.3) is 0 Å². The monoisotopic (exact) mass is 347 g/mol. The summed E-state index contributed by atoms with van der Waals surface area (Å²) in [6.45, 7) is 0.401. The summed E-state index contributed by atoms with van der Waals surface area (Å²) in [5.74, 6) is -1.52. The van der Waals surface area contributed by atoms with Gasteiger partial charge in [0.15, 0.2) is 11.5 Å². The molecule has 1 aromatic carbocycles. The lowest BCUT2D eigenvalue weighted by molar-refractivity contribution is -0.146. The molecule has 7 nitrogen and oxygen atoms in total. The SMILES string of the molecule is COc1ccc(CCNC(=O)[C@@H]2[C@@H](C(=O)O)[C@H]3C=C[C@@H]2O3)cc1OC. The highest BCUT2D eigenvalue weighted by atomic mass is 16.5. The summed E-state index contributed by atoms with van der Waals surface area (Å²) in [7, 11) is 3.14. The van der Waals surface area contributed by atoms with Crippen molar-refractivity contribution in [1.29, 1.82) is 0 Å². The minimum absolute atomic E-state index is 0.287. The molecule has 1 aromatic rings. The maximum absolute atomic E-state index is 12.4. The molecule has 2 aliphatic heterocycles. The zero-order chi connectivity index (χ0) is 18.0. The van der Waals surface area contributed by atoms with Gasteiger partial charge in [0.05, 0.1) is 32.3 Å². The molecule has 2 bridgehead atoms. The highest BCUT2D eigenvalue weighted by Gasteiger charge is 2.53. The van der Waals surface area contributed by atoms with E-state index in [0.29, 0.717) is 24.5 Å². The van der Waals surface area contributed by atoms with Gasteiger partial charge in [0.1, 0.15) is 5.92 Å². The number of ether oxygens (including phenoxy) is 3. The number of carbonyl (C=O) groups excluding carboxylic acids is 1. The van der Waals surface area contributed by atoms with Crippen LogP contribution in [0.15, 0.2) is 30.4 Å².